The molecule has 1 aromatic rings. The summed E-state index contributed by atoms with van der Waals surface area (Å²) >= 11 is 3.38. The lowest BCUT2D eigenvalue weighted by atomic mass is 10.0. The number of halogens is 1. The highest BCUT2D eigenvalue weighted by atomic mass is 79.9. The molecule has 2 unspecified atom stereocenters. The number of rotatable bonds is 3. The van der Waals surface area contributed by atoms with Crippen LogP contribution in [-0.4, -0.2) is 37.2 Å². The summed E-state index contributed by atoms with van der Waals surface area (Å²) in [6.45, 7) is 2.98. The highest BCUT2D eigenvalue weighted by Crippen LogP contribution is 2.19. The van der Waals surface area contributed by atoms with Gasteiger partial charge < -0.3 is 15.4 Å². The summed E-state index contributed by atoms with van der Waals surface area (Å²) in [7, 11) is 1.83. The second-order valence-corrected chi connectivity index (χ2v) is 5.20. The molecule has 0 aliphatic carbocycles. The number of nitrogens with zero attached hydrogens (tertiary/aromatic N) is 1. The minimum absolute atomic E-state index is 0.0546. The molecule has 0 radical (unpaired) electrons. The molecule has 0 spiro atoms. The summed E-state index contributed by atoms with van der Waals surface area (Å²) in [5, 5.41) is 5.91. The number of hydrogen-bond donors (Lipinski definition) is 2. The van der Waals surface area contributed by atoms with Crippen LogP contribution in [0.4, 0.5) is 5.82 Å². The first-order valence-electron chi connectivity index (χ1n) is 5.80. The van der Waals surface area contributed by atoms with Crippen molar-refractivity contribution in [2.75, 3.05) is 25.6 Å². The molecule has 2 N–H and O–H groups in total. The topological polar surface area (TPSA) is 63.2 Å². The molecule has 2 heterocycles. The van der Waals surface area contributed by atoms with Crippen molar-refractivity contribution in [2.24, 2.45) is 5.92 Å². The summed E-state index contributed by atoms with van der Waals surface area (Å²) in [6, 6.07) is 1.91. The van der Waals surface area contributed by atoms with Gasteiger partial charge in [0.05, 0.1) is 19.1 Å². The number of likely N-dealkylation sites (N-methyl/N-ethyl adjacent to an activating group) is 1. The number of aryl methyl sites for hydroxylation is 1. The molecule has 1 aliphatic heterocycles. The monoisotopic (exact) mass is 313 g/mol. The molecule has 6 heteroatoms. The maximum absolute atomic E-state index is 12.1. The van der Waals surface area contributed by atoms with Crippen LogP contribution in [0.5, 0.6) is 0 Å². The molecule has 0 saturated carbocycles. The summed E-state index contributed by atoms with van der Waals surface area (Å²) in [5.41, 5.74) is 1.04. The summed E-state index contributed by atoms with van der Waals surface area (Å²) in [4.78, 5) is 16.3. The van der Waals surface area contributed by atoms with E-state index in [0.29, 0.717) is 19.0 Å². The third-order valence-electron chi connectivity index (χ3n) is 3.09. The zero-order valence-electron chi connectivity index (χ0n) is 10.4. The number of anilines is 1. The maximum atomic E-state index is 12.1. The Balaban J connectivity index is 2.04. The van der Waals surface area contributed by atoms with E-state index in [1.165, 1.54) is 0 Å². The van der Waals surface area contributed by atoms with Gasteiger partial charge in [-0.2, -0.15) is 0 Å². The SMILES string of the molecule is CNC1COCC1C(=O)Nc1cc(C)c(Br)cn1. The number of pyridine rings is 1. The molecule has 2 atom stereocenters. The molecule has 0 bridgehead atoms. The fourth-order valence-corrected chi connectivity index (χ4v) is 2.14. The van der Waals surface area contributed by atoms with Crippen molar-refractivity contribution >= 4 is 27.7 Å². The summed E-state index contributed by atoms with van der Waals surface area (Å²) < 4.78 is 6.24. The van der Waals surface area contributed by atoms with Gasteiger partial charge in [0.2, 0.25) is 5.91 Å². The fourth-order valence-electron chi connectivity index (χ4n) is 1.92. The second-order valence-electron chi connectivity index (χ2n) is 4.35. The molecular formula is C12H16BrN3O2. The van der Waals surface area contributed by atoms with E-state index in [9.17, 15) is 4.79 Å². The van der Waals surface area contributed by atoms with Crippen molar-refractivity contribution in [3.05, 3.63) is 22.3 Å². The maximum Gasteiger partial charge on any atom is 0.232 e. The van der Waals surface area contributed by atoms with Crippen LogP contribution in [0.15, 0.2) is 16.7 Å². The van der Waals surface area contributed by atoms with E-state index in [2.05, 4.69) is 31.5 Å². The molecule has 1 aromatic heterocycles. The van der Waals surface area contributed by atoms with Crippen LogP contribution >= 0.6 is 15.9 Å². The van der Waals surface area contributed by atoms with Gasteiger partial charge in [-0.25, -0.2) is 4.98 Å². The highest BCUT2D eigenvalue weighted by molar-refractivity contribution is 9.10. The Bertz CT molecular complexity index is 453. The van der Waals surface area contributed by atoms with Gasteiger partial charge in [-0.1, -0.05) is 0 Å². The van der Waals surface area contributed by atoms with E-state index in [4.69, 9.17) is 4.74 Å². The number of amides is 1. The summed E-state index contributed by atoms with van der Waals surface area (Å²) in [6.07, 6.45) is 1.69. The first-order valence-corrected chi connectivity index (χ1v) is 6.59. The van der Waals surface area contributed by atoms with Crippen molar-refractivity contribution in [1.29, 1.82) is 0 Å². The highest BCUT2D eigenvalue weighted by Gasteiger charge is 2.33. The smallest absolute Gasteiger partial charge is 0.232 e. The van der Waals surface area contributed by atoms with Crippen molar-refractivity contribution < 1.29 is 9.53 Å². The van der Waals surface area contributed by atoms with Gasteiger partial charge in [-0.05, 0) is 41.5 Å². The van der Waals surface area contributed by atoms with Crippen LogP contribution in [0.1, 0.15) is 5.56 Å². The average molecular weight is 314 g/mol. The van der Waals surface area contributed by atoms with Crippen LogP contribution in [-0.2, 0) is 9.53 Å². The molecular weight excluding hydrogens is 298 g/mol. The number of carbonyl (C=O) groups is 1. The van der Waals surface area contributed by atoms with Crippen molar-refractivity contribution in [3.8, 4) is 0 Å². The minimum atomic E-state index is -0.166. The first kappa shape index (κ1) is 13.5. The zero-order chi connectivity index (χ0) is 13.1. The lowest BCUT2D eigenvalue weighted by molar-refractivity contribution is -0.120. The van der Waals surface area contributed by atoms with E-state index < -0.39 is 0 Å². The van der Waals surface area contributed by atoms with Gasteiger partial charge in [0.15, 0.2) is 0 Å². The van der Waals surface area contributed by atoms with Crippen LogP contribution in [0, 0.1) is 12.8 Å². The predicted molar refractivity (Wildman–Crippen MR) is 72.5 cm³/mol. The van der Waals surface area contributed by atoms with Gasteiger partial charge in [-0.3, -0.25) is 4.79 Å². The molecule has 1 aliphatic rings. The van der Waals surface area contributed by atoms with Crippen molar-refractivity contribution in [2.45, 2.75) is 13.0 Å². The Kier molecular flexibility index (Phi) is 4.31. The number of ether oxygens (including phenoxy) is 1. The number of carbonyl (C=O) groups excluding carboxylic acids is 1. The molecule has 18 heavy (non-hydrogen) atoms. The fraction of sp³-hybridized carbons (Fsp3) is 0.500. The quantitative estimate of drug-likeness (QED) is 0.883. The van der Waals surface area contributed by atoms with E-state index in [1.807, 2.05) is 20.0 Å². The number of nitrogens with one attached hydrogen (secondary N) is 2. The van der Waals surface area contributed by atoms with Crippen molar-refractivity contribution in [1.82, 2.24) is 10.3 Å². The Labute approximate surface area is 114 Å². The van der Waals surface area contributed by atoms with Gasteiger partial charge in [0.1, 0.15) is 5.82 Å². The number of hydrogen-bond acceptors (Lipinski definition) is 4. The standard InChI is InChI=1S/C12H16BrN3O2/c1-7-3-11(15-4-9(7)13)16-12(17)8-5-18-6-10(8)14-2/h3-4,8,10,14H,5-6H2,1-2H3,(H,15,16,17). The third kappa shape index (κ3) is 2.88. The second kappa shape index (κ2) is 5.77. The molecule has 1 saturated heterocycles. The molecule has 1 fully saturated rings. The first-order chi connectivity index (χ1) is 8.61. The lowest BCUT2D eigenvalue weighted by Gasteiger charge is -2.16. The van der Waals surface area contributed by atoms with E-state index in [1.54, 1.807) is 6.20 Å². The normalized spacial score (nSPS) is 23.1. The zero-order valence-corrected chi connectivity index (χ0v) is 12.0. The van der Waals surface area contributed by atoms with Crippen LogP contribution < -0.4 is 10.6 Å². The lowest BCUT2D eigenvalue weighted by Crippen LogP contribution is -2.39. The Morgan fingerprint density at radius 3 is 3.00 bits per heavy atom. The predicted octanol–water partition coefficient (Wildman–Crippen LogP) is 1.33. The largest absolute Gasteiger partial charge is 0.379 e. The van der Waals surface area contributed by atoms with Gasteiger partial charge in [0.25, 0.3) is 0 Å². The summed E-state index contributed by atoms with van der Waals surface area (Å²) in [5.74, 6) is 0.351. The Hall–Kier alpha value is -0.980. The van der Waals surface area contributed by atoms with Crippen molar-refractivity contribution in [3.63, 3.8) is 0 Å². The molecule has 5 nitrogen and oxygen atoms in total. The van der Waals surface area contributed by atoms with E-state index in [-0.39, 0.29) is 17.9 Å². The molecule has 0 aromatic carbocycles. The average Bonchev–Trinajstić information content (AvgIpc) is 2.82. The van der Waals surface area contributed by atoms with Crippen LogP contribution in [0.2, 0.25) is 0 Å². The minimum Gasteiger partial charge on any atom is -0.379 e. The molecule has 2 rings (SSSR count). The van der Waals surface area contributed by atoms with Gasteiger partial charge in [-0.15, -0.1) is 0 Å². The van der Waals surface area contributed by atoms with Gasteiger partial charge in [0, 0.05) is 16.7 Å². The third-order valence-corrected chi connectivity index (χ3v) is 3.92. The van der Waals surface area contributed by atoms with Crippen LogP contribution in [0.3, 0.4) is 0 Å². The Morgan fingerprint density at radius 2 is 2.33 bits per heavy atom. The molecule has 1 amide bonds. The van der Waals surface area contributed by atoms with E-state index in [0.717, 1.165) is 10.0 Å². The molecule has 98 valence electrons. The number of aromatic nitrogens is 1. The van der Waals surface area contributed by atoms with Crippen LogP contribution in [0.25, 0.3) is 0 Å². The Morgan fingerprint density at radius 1 is 1.56 bits per heavy atom. The van der Waals surface area contributed by atoms with E-state index >= 15 is 0 Å². The van der Waals surface area contributed by atoms with Gasteiger partial charge >= 0.3 is 0 Å².